The van der Waals surface area contributed by atoms with Crippen LogP contribution in [0.15, 0.2) is 54.7 Å². The molecule has 28 heavy (non-hydrogen) atoms. The van der Waals surface area contributed by atoms with E-state index in [4.69, 9.17) is 9.47 Å². The summed E-state index contributed by atoms with van der Waals surface area (Å²) >= 11 is 0. The van der Waals surface area contributed by atoms with Crippen LogP contribution in [0, 0.1) is 0 Å². The number of Topliss-reactive ketones (excluding diaryl/α,β-unsaturated/α-hetero) is 1. The van der Waals surface area contributed by atoms with Gasteiger partial charge in [0, 0.05) is 29.6 Å². The number of esters is 1. The van der Waals surface area contributed by atoms with Gasteiger partial charge in [-0.15, -0.1) is 0 Å². The third kappa shape index (κ3) is 4.60. The van der Waals surface area contributed by atoms with E-state index >= 15 is 0 Å². The van der Waals surface area contributed by atoms with Crippen LogP contribution in [0.2, 0.25) is 0 Å². The Bertz CT molecular complexity index is 1000. The van der Waals surface area contributed by atoms with Gasteiger partial charge in [-0.1, -0.05) is 30.3 Å². The third-order valence-corrected chi connectivity index (χ3v) is 4.45. The summed E-state index contributed by atoms with van der Waals surface area (Å²) < 4.78 is 13.3. The van der Waals surface area contributed by atoms with Crippen LogP contribution in [0.1, 0.15) is 43.6 Å². The average Bonchev–Trinajstić information content (AvgIpc) is 2.97. The average molecular weight is 379 g/mol. The Balaban J connectivity index is 1.90. The molecule has 0 unspecified atom stereocenters. The zero-order valence-electron chi connectivity index (χ0n) is 16.7. The quantitative estimate of drug-likeness (QED) is 0.438. The normalized spacial score (nSPS) is 11.4. The molecule has 3 aromatic rings. The Labute approximate surface area is 164 Å². The molecule has 0 radical (unpaired) electrons. The van der Waals surface area contributed by atoms with E-state index in [0.29, 0.717) is 24.5 Å². The van der Waals surface area contributed by atoms with Crippen LogP contribution >= 0.6 is 0 Å². The fourth-order valence-electron chi connectivity index (χ4n) is 3.35. The number of rotatable bonds is 7. The largest absolute Gasteiger partial charge is 0.489 e. The molecule has 146 valence electrons. The smallest absolute Gasteiger partial charge is 0.303 e. The van der Waals surface area contributed by atoms with Gasteiger partial charge in [0.15, 0.2) is 5.78 Å². The van der Waals surface area contributed by atoms with Crippen molar-refractivity contribution >= 4 is 22.7 Å². The van der Waals surface area contributed by atoms with Crippen LogP contribution in [-0.2, 0) is 22.7 Å². The Hall–Kier alpha value is -3.08. The van der Waals surface area contributed by atoms with Gasteiger partial charge in [0.05, 0.1) is 6.54 Å². The van der Waals surface area contributed by atoms with Gasteiger partial charge in [0.2, 0.25) is 0 Å². The Morgan fingerprint density at radius 2 is 1.75 bits per heavy atom. The summed E-state index contributed by atoms with van der Waals surface area (Å²) in [5.41, 5.74) is 1.92. The van der Waals surface area contributed by atoms with Gasteiger partial charge in [-0.3, -0.25) is 9.59 Å². The molecule has 2 aromatic carbocycles. The van der Waals surface area contributed by atoms with Gasteiger partial charge >= 0.3 is 5.97 Å². The molecule has 0 aliphatic carbocycles. The molecule has 0 fully saturated rings. The first-order chi connectivity index (χ1) is 13.2. The lowest BCUT2D eigenvalue weighted by atomic mass is 10.1. The lowest BCUT2D eigenvalue weighted by Crippen LogP contribution is -2.32. The highest BCUT2D eigenvalue weighted by molar-refractivity contribution is 6.07. The SMILES string of the molecule is CC(=O)OC(C)(C)Cn1cc(C(C)=O)c2cc(OCc3ccccc3)ccc21. The molecule has 0 spiro atoms. The minimum atomic E-state index is -0.686. The van der Waals surface area contributed by atoms with Crippen molar-refractivity contribution in [3.05, 3.63) is 65.9 Å². The molecular weight excluding hydrogens is 354 g/mol. The Morgan fingerprint density at radius 3 is 2.39 bits per heavy atom. The number of nitrogens with zero attached hydrogens (tertiary/aromatic N) is 1. The maximum absolute atomic E-state index is 12.2. The van der Waals surface area contributed by atoms with Crippen molar-refractivity contribution in [3.63, 3.8) is 0 Å². The second-order valence-corrected chi connectivity index (χ2v) is 7.53. The van der Waals surface area contributed by atoms with E-state index in [2.05, 4.69) is 0 Å². The van der Waals surface area contributed by atoms with Crippen molar-refractivity contribution in [2.75, 3.05) is 0 Å². The van der Waals surface area contributed by atoms with Gasteiger partial charge in [-0.05, 0) is 44.5 Å². The number of hydrogen-bond acceptors (Lipinski definition) is 4. The van der Waals surface area contributed by atoms with E-state index in [1.807, 2.05) is 73.1 Å². The third-order valence-electron chi connectivity index (χ3n) is 4.45. The first-order valence-electron chi connectivity index (χ1n) is 9.25. The molecular formula is C23H25NO4. The molecule has 0 bridgehead atoms. The van der Waals surface area contributed by atoms with Crippen molar-refractivity contribution in [2.45, 2.75) is 46.4 Å². The van der Waals surface area contributed by atoms with E-state index in [-0.39, 0.29) is 11.8 Å². The molecule has 0 saturated carbocycles. The summed E-state index contributed by atoms with van der Waals surface area (Å²) in [6.45, 7) is 7.55. The van der Waals surface area contributed by atoms with E-state index in [9.17, 15) is 9.59 Å². The fraction of sp³-hybridized carbons (Fsp3) is 0.304. The van der Waals surface area contributed by atoms with Crippen LogP contribution < -0.4 is 4.74 Å². The number of hydrogen-bond donors (Lipinski definition) is 0. The van der Waals surface area contributed by atoms with Crippen LogP contribution in [0.4, 0.5) is 0 Å². The lowest BCUT2D eigenvalue weighted by molar-refractivity contribution is -0.154. The van der Waals surface area contributed by atoms with Crippen LogP contribution in [0.5, 0.6) is 5.75 Å². The predicted octanol–water partition coefficient (Wildman–Crippen LogP) is 4.76. The molecule has 0 amide bonds. The number of ketones is 1. The summed E-state index contributed by atoms with van der Waals surface area (Å²) in [5, 5.41) is 0.830. The Kier molecular flexibility index (Phi) is 5.54. The molecule has 1 heterocycles. The standard InChI is InChI=1S/C23H25NO4/c1-16(25)21-13-24(15-23(3,4)28-17(2)26)22-11-10-19(12-20(21)22)27-14-18-8-6-5-7-9-18/h5-13H,14-15H2,1-4H3. The zero-order chi connectivity index (χ0) is 20.3. The highest BCUT2D eigenvalue weighted by Crippen LogP contribution is 2.29. The van der Waals surface area contributed by atoms with Crippen molar-refractivity contribution in [2.24, 2.45) is 0 Å². The van der Waals surface area contributed by atoms with E-state index in [1.54, 1.807) is 6.92 Å². The van der Waals surface area contributed by atoms with Crippen molar-refractivity contribution in [1.29, 1.82) is 0 Å². The number of ether oxygens (including phenoxy) is 2. The van der Waals surface area contributed by atoms with Crippen molar-refractivity contribution in [3.8, 4) is 5.75 Å². The minimum absolute atomic E-state index is 0.0192. The van der Waals surface area contributed by atoms with Gasteiger partial charge in [0.1, 0.15) is 18.0 Å². The first-order valence-corrected chi connectivity index (χ1v) is 9.25. The Morgan fingerprint density at radius 1 is 1.04 bits per heavy atom. The first kappa shape index (κ1) is 19.7. The molecule has 0 N–H and O–H groups in total. The van der Waals surface area contributed by atoms with E-state index < -0.39 is 5.60 Å². The van der Waals surface area contributed by atoms with Gasteiger partial charge in [-0.2, -0.15) is 0 Å². The predicted molar refractivity (Wildman–Crippen MR) is 109 cm³/mol. The molecule has 0 atom stereocenters. The second-order valence-electron chi connectivity index (χ2n) is 7.53. The summed E-state index contributed by atoms with van der Waals surface area (Å²) in [6.07, 6.45) is 1.82. The summed E-state index contributed by atoms with van der Waals surface area (Å²) in [4.78, 5) is 23.5. The molecule has 5 nitrogen and oxygen atoms in total. The summed E-state index contributed by atoms with van der Waals surface area (Å²) in [6, 6.07) is 15.6. The van der Waals surface area contributed by atoms with Crippen LogP contribution in [-0.4, -0.2) is 21.9 Å². The van der Waals surface area contributed by atoms with E-state index in [1.165, 1.54) is 6.92 Å². The molecule has 0 aliphatic rings. The summed E-state index contributed by atoms with van der Waals surface area (Å²) in [7, 11) is 0. The molecule has 1 aromatic heterocycles. The molecule has 0 aliphatic heterocycles. The van der Waals surface area contributed by atoms with Gasteiger partial charge in [-0.25, -0.2) is 0 Å². The molecule has 3 rings (SSSR count). The highest BCUT2D eigenvalue weighted by Gasteiger charge is 2.24. The van der Waals surface area contributed by atoms with Gasteiger partial charge in [0.25, 0.3) is 0 Å². The van der Waals surface area contributed by atoms with Crippen molar-refractivity contribution < 1.29 is 19.1 Å². The minimum Gasteiger partial charge on any atom is -0.489 e. The number of carbonyl (C=O) groups excluding carboxylic acids is 2. The maximum atomic E-state index is 12.2. The number of benzene rings is 2. The number of aromatic nitrogens is 1. The van der Waals surface area contributed by atoms with Crippen molar-refractivity contribution in [1.82, 2.24) is 4.57 Å². The zero-order valence-corrected chi connectivity index (χ0v) is 16.7. The van der Waals surface area contributed by atoms with Crippen LogP contribution in [0.25, 0.3) is 10.9 Å². The molecule has 5 heteroatoms. The molecule has 0 saturated heterocycles. The van der Waals surface area contributed by atoms with E-state index in [0.717, 1.165) is 16.5 Å². The lowest BCUT2D eigenvalue weighted by Gasteiger charge is -2.25. The van der Waals surface area contributed by atoms with Crippen LogP contribution in [0.3, 0.4) is 0 Å². The fourth-order valence-corrected chi connectivity index (χ4v) is 3.35. The monoisotopic (exact) mass is 379 g/mol. The topological polar surface area (TPSA) is 57.5 Å². The van der Waals surface area contributed by atoms with Gasteiger partial charge < -0.3 is 14.0 Å². The maximum Gasteiger partial charge on any atom is 0.303 e. The summed E-state index contributed by atoms with van der Waals surface area (Å²) in [5.74, 6) is 0.356. The number of fused-ring (bicyclic) bond motifs is 1. The second kappa shape index (κ2) is 7.89. The highest BCUT2D eigenvalue weighted by atomic mass is 16.6. The number of carbonyl (C=O) groups is 2.